The van der Waals surface area contributed by atoms with Crippen molar-refractivity contribution in [3.63, 3.8) is 0 Å². The molecule has 0 unspecified atom stereocenters. The number of fused-ring (bicyclic) bond motifs is 1. The van der Waals surface area contributed by atoms with Crippen LogP contribution in [0.2, 0.25) is 10.0 Å². The second-order valence-electron chi connectivity index (χ2n) is 6.33. The molecule has 0 saturated carbocycles. The molecule has 0 aromatic heterocycles. The summed E-state index contributed by atoms with van der Waals surface area (Å²) in [5, 5.41) is 19.8. The van der Waals surface area contributed by atoms with E-state index in [1.54, 1.807) is 5.48 Å². The number of halogens is 5. The molecule has 1 aliphatic heterocycles. The van der Waals surface area contributed by atoms with E-state index >= 15 is 0 Å². The molecule has 1 aromatic carbocycles. The monoisotopic (exact) mass is 484 g/mol. The number of carboxylic acid groups (broad SMARTS) is 1. The molecular weight excluding hydrogens is 468 g/mol. The number of carbonyl (C=O) groups excluding carboxylic acids is 1. The number of aliphatic carboxylic acids is 1. The maximum absolute atomic E-state index is 13.5. The molecule has 0 aliphatic carbocycles. The van der Waals surface area contributed by atoms with Gasteiger partial charge in [-0.1, -0.05) is 23.2 Å². The number of ether oxygens (including phenoxy) is 1. The van der Waals surface area contributed by atoms with E-state index in [1.807, 2.05) is 0 Å². The third-order valence-corrected chi connectivity index (χ3v) is 4.58. The summed E-state index contributed by atoms with van der Waals surface area (Å²) >= 11 is 11.8. The van der Waals surface area contributed by atoms with E-state index in [4.69, 9.17) is 38.9 Å². The summed E-state index contributed by atoms with van der Waals surface area (Å²) in [6, 6.07) is 0.940. The normalized spacial score (nSPS) is 17.2. The standard InChI is InChI=1S/C17H17Cl2F3N4O5/c18-8-4-7-5-9(13(17(20,21)22)31-12(7)10(19)6-8)14(27)25-11(15(28)29)2-1-3-24-16(23)26-30/h4-6,11,13,30H,1-3H2,(H,25,27)(H,28,29)(H3,23,24,26)/t11-,13-/m0/s1. The maximum Gasteiger partial charge on any atom is 0.429 e. The van der Waals surface area contributed by atoms with Crippen LogP contribution in [0.3, 0.4) is 0 Å². The van der Waals surface area contributed by atoms with E-state index in [0.29, 0.717) is 0 Å². The van der Waals surface area contributed by atoms with Gasteiger partial charge in [-0.15, -0.1) is 0 Å². The third-order valence-electron chi connectivity index (χ3n) is 4.08. The molecule has 1 heterocycles. The van der Waals surface area contributed by atoms with Gasteiger partial charge in [0.05, 0.1) is 10.6 Å². The van der Waals surface area contributed by atoms with Gasteiger partial charge in [0, 0.05) is 17.1 Å². The number of nitrogens with zero attached hydrogens (tertiary/aromatic N) is 1. The number of hydroxylamine groups is 1. The second kappa shape index (κ2) is 10.1. The van der Waals surface area contributed by atoms with Gasteiger partial charge in [0.2, 0.25) is 12.1 Å². The zero-order valence-corrected chi connectivity index (χ0v) is 17.1. The van der Waals surface area contributed by atoms with E-state index in [9.17, 15) is 27.9 Å². The summed E-state index contributed by atoms with van der Waals surface area (Å²) in [6.45, 7) is 0.000398. The topological polar surface area (TPSA) is 146 Å². The first-order valence-corrected chi connectivity index (χ1v) is 9.37. The number of carboxylic acids is 1. The van der Waals surface area contributed by atoms with Crippen LogP contribution in [0, 0.1) is 0 Å². The van der Waals surface area contributed by atoms with Crippen LogP contribution in [0.5, 0.6) is 5.75 Å². The van der Waals surface area contributed by atoms with E-state index in [-0.39, 0.29) is 46.7 Å². The Labute approximate surface area is 183 Å². The number of carbonyl (C=O) groups is 2. The summed E-state index contributed by atoms with van der Waals surface area (Å²) in [4.78, 5) is 27.6. The predicted octanol–water partition coefficient (Wildman–Crippen LogP) is 2.34. The minimum Gasteiger partial charge on any atom is -0.480 e. The molecule has 170 valence electrons. The van der Waals surface area contributed by atoms with Gasteiger partial charge < -0.3 is 20.9 Å². The fourth-order valence-electron chi connectivity index (χ4n) is 2.69. The highest BCUT2D eigenvalue weighted by Gasteiger charge is 2.49. The Bertz CT molecular complexity index is 924. The average molecular weight is 485 g/mol. The first-order valence-electron chi connectivity index (χ1n) is 8.61. The number of rotatable bonds is 7. The molecular formula is C17H17Cl2F3N4O5. The number of nitrogens with two attached hydrogens (primary N) is 1. The lowest BCUT2D eigenvalue weighted by atomic mass is 9.99. The zero-order valence-electron chi connectivity index (χ0n) is 15.5. The molecule has 1 aromatic rings. The van der Waals surface area contributed by atoms with Crippen molar-refractivity contribution in [2.75, 3.05) is 6.54 Å². The lowest BCUT2D eigenvalue weighted by Gasteiger charge is -2.29. The smallest absolute Gasteiger partial charge is 0.429 e. The molecule has 2 rings (SSSR count). The minimum atomic E-state index is -4.98. The molecule has 6 N–H and O–H groups in total. The van der Waals surface area contributed by atoms with Crippen LogP contribution in [-0.4, -0.2) is 53.0 Å². The van der Waals surface area contributed by atoms with Crippen LogP contribution in [0.4, 0.5) is 13.2 Å². The SMILES string of the molecule is NC(=NCCC[C@H](NC(=O)C1=Cc2cc(Cl)cc(Cl)c2O[C@@H]1C(F)(F)F)C(=O)O)NO. The molecule has 0 radical (unpaired) electrons. The number of benzene rings is 1. The van der Waals surface area contributed by atoms with E-state index < -0.39 is 35.8 Å². The molecule has 0 bridgehead atoms. The van der Waals surface area contributed by atoms with Crippen molar-refractivity contribution in [3.8, 4) is 5.75 Å². The zero-order chi connectivity index (χ0) is 23.3. The van der Waals surface area contributed by atoms with Crippen molar-refractivity contribution in [2.45, 2.75) is 31.2 Å². The van der Waals surface area contributed by atoms with Crippen LogP contribution in [0.25, 0.3) is 6.08 Å². The molecule has 0 spiro atoms. The van der Waals surface area contributed by atoms with Crippen molar-refractivity contribution in [1.82, 2.24) is 10.8 Å². The number of hydrogen-bond donors (Lipinski definition) is 5. The minimum absolute atomic E-state index is 0.000398. The Morgan fingerprint density at radius 1 is 1.32 bits per heavy atom. The number of nitrogens with one attached hydrogen (secondary N) is 2. The van der Waals surface area contributed by atoms with Crippen molar-refractivity contribution >= 4 is 47.1 Å². The first-order chi connectivity index (χ1) is 14.4. The molecule has 1 aliphatic rings. The molecule has 14 heteroatoms. The molecule has 0 fully saturated rings. The number of alkyl halides is 3. The molecule has 2 atom stereocenters. The highest BCUT2D eigenvalue weighted by molar-refractivity contribution is 6.36. The number of hydrogen-bond acceptors (Lipinski definition) is 5. The average Bonchev–Trinajstić information content (AvgIpc) is 2.67. The largest absolute Gasteiger partial charge is 0.480 e. The molecule has 0 saturated heterocycles. The Morgan fingerprint density at radius 3 is 2.58 bits per heavy atom. The number of guanidine groups is 1. The highest BCUT2D eigenvalue weighted by atomic mass is 35.5. The van der Waals surface area contributed by atoms with Gasteiger partial charge in [-0.2, -0.15) is 13.2 Å². The quantitative estimate of drug-likeness (QED) is 0.173. The number of amides is 1. The van der Waals surface area contributed by atoms with Crippen LogP contribution < -0.4 is 21.3 Å². The van der Waals surface area contributed by atoms with Crippen molar-refractivity contribution in [2.24, 2.45) is 10.7 Å². The second-order valence-corrected chi connectivity index (χ2v) is 7.17. The third kappa shape index (κ3) is 6.39. The van der Waals surface area contributed by atoms with Crippen LogP contribution in [0.15, 0.2) is 22.7 Å². The summed E-state index contributed by atoms with van der Waals surface area (Å²) in [5.74, 6) is -3.34. The van der Waals surface area contributed by atoms with Crippen molar-refractivity contribution in [3.05, 3.63) is 33.3 Å². The lowest BCUT2D eigenvalue weighted by Crippen LogP contribution is -2.47. The van der Waals surface area contributed by atoms with Crippen LogP contribution in [-0.2, 0) is 9.59 Å². The van der Waals surface area contributed by atoms with Gasteiger partial charge in [-0.25, -0.2) is 10.3 Å². The Morgan fingerprint density at radius 2 is 2.00 bits per heavy atom. The van der Waals surface area contributed by atoms with Gasteiger partial charge in [-0.05, 0) is 31.1 Å². The van der Waals surface area contributed by atoms with Gasteiger partial charge >= 0.3 is 12.1 Å². The maximum atomic E-state index is 13.5. The number of aliphatic imine (C=N–C) groups is 1. The van der Waals surface area contributed by atoms with Crippen LogP contribution >= 0.6 is 23.2 Å². The van der Waals surface area contributed by atoms with E-state index in [0.717, 1.165) is 6.08 Å². The summed E-state index contributed by atoms with van der Waals surface area (Å²) in [6.07, 6.45) is -6.80. The Kier molecular flexibility index (Phi) is 7.98. The summed E-state index contributed by atoms with van der Waals surface area (Å²) in [7, 11) is 0. The van der Waals surface area contributed by atoms with Crippen LogP contribution in [0.1, 0.15) is 18.4 Å². The fraction of sp³-hybridized carbons (Fsp3) is 0.353. The molecule has 9 nitrogen and oxygen atoms in total. The van der Waals surface area contributed by atoms with E-state index in [2.05, 4.69) is 10.3 Å². The lowest BCUT2D eigenvalue weighted by molar-refractivity contribution is -0.185. The fourth-order valence-corrected chi connectivity index (χ4v) is 3.25. The van der Waals surface area contributed by atoms with E-state index in [1.165, 1.54) is 12.1 Å². The molecule has 1 amide bonds. The van der Waals surface area contributed by atoms with Gasteiger partial charge in [0.25, 0.3) is 5.91 Å². The van der Waals surface area contributed by atoms with Gasteiger partial charge in [0.1, 0.15) is 11.8 Å². The molecule has 31 heavy (non-hydrogen) atoms. The summed E-state index contributed by atoms with van der Waals surface area (Å²) in [5.41, 5.74) is 5.97. The predicted molar refractivity (Wildman–Crippen MR) is 105 cm³/mol. The highest BCUT2D eigenvalue weighted by Crippen LogP contribution is 2.42. The Hall–Kier alpha value is -2.70. The van der Waals surface area contributed by atoms with Gasteiger partial charge in [0.15, 0.2) is 0 Å². The van der Waals surface area contributed by atoms with Crippen molar-refractivity contribution in [1.29, 1.82) is 0 Å². The first kappa shape index (κ1) is 24.6. The van der Waals surface area contributed by atoms with Crippen molar-refractivity contribution < 1.29 is 37.8 Å². The summed E-state index contributed by atoms with van der Waals surface area (Å²) < 4.78 is 45.5. The Balaban J connectivity index is 2.26. The van der Waals surface area contributed by atoms with Gasteiger partial charge in [-0.3, -0.25) is 15.0 Å².